The molecule has 3 N–H and O–H groups in total. The topological polar surface area (TPSA) is 113 Å². The van der Waals surface area contributed by atoms with E-state index in [2.05, 4.69) is 10.0 Å². The number of aryl methyl sites for hydroxylation is 3. The van der Waals surface area contributed by atoms with E-state index in [0.29, 0.717) is 17.5 Å². The normalized spacial score (nSPS) is 12.8. The fourth-order valence-electron chi connectivity index (χ4n) is 3.13. The van der Waals surface area contributed by atoms with Gasteiger partial charge in [0.05, 0.1) is 10.8 Å². The summed E-state index contributed by atoms with van der Waals surface area (Å²) in [5, 5.41) is 11.7. The van der Waals surface area contributed by atoms with Crippen molar-refractivity contribution in [2.75, 3.05) is 13.1 Å². The van der Waals surface area contributed by atoms with Gasteiger partial charge in [0.1, 0.15) is 0 Å². The van der Waals surface area contributed by atoms with Crippen LogP contribution in [0.5, 0.6) is 0 Å². The van der Waals surface area contributed by atoms with Gasteiger partial charge in [-0.2, -0.15) is 0 Å². The van der Waals surface area contributed by atoms with Gasteiger partial charge in [0, 0.05) is 19.5 Å². The SMILES string of the molecule is Cc1cc(C)c(S(=O)(=O)NCCC(=O)NCC(CC(C)C)C(=O)O)c(C)c1. The fraction of sp³-hybridized carbons (Fsp3) is 0.579. The number of hydrogen-bond acceptors (Lipinski definition) is 4. The van der Waals surface area contributed by atoms with Gasteiger partial charge in [-0.25, -0.2) is 13.1 Å². The van der Waals surface area contributed by atoms with Crippen molar-refractivity contribution in [3.05, 3.63) is 28.8 Å². The van der Waals surface area contributed by atoms with Gasteiger partial charge < -0.3 is 10.4 Å². The van der Waals surface area contributed by atoms with Gasteiger partial charge in [0.25, 0.3) is 0 Å². The molecule has 0 saturated carbocycles. The first-order chi connectivity index (χ1) is 12.4. The summed E-state index contributed by atoms with van der Waals surface area (Å²) in [6.45, 7) is 9.20. The number of carbonyl (C=O) groups is 2. The maximum Gasteiger partial charge on any atom is 0.308 e. The van der Waals surface area contributed by atoms with E-state index in [-0.39, 0.29) is 36.2 Å². The summed E-state index contributed by atoms with van der Waals surface area (Å²) in [5.41, 5.74) is 2.29. The molecule has 0 bridgehead atoms. The highest BCUT2D eigenvalue weighted by Crippen LogP contribution is 2.21. The summed E-state index contributed by atoms with van der Waals surface area (Å²) in [5.74, 6) is -1.78. The van der Waals surface area contributed by atoms with Crippen molar-refractivity contribution < 1.29 is 23.1 Å². The Bertz CT molecular complexity index is 764. The maximum absolute atomic E-state index is 12.5. The molecule has 27 heavy (non-hydrogen) atoms. The van der Waals surface area contributed by atoms with Gasteiger partial charge in [-0.05, 0) is 44.2 Å². The highest BCUT2D eigenvalue weighted by Gasteiger charge is 2.21. The van der Waals surface area contributed by atoms with Gasteiger partial charge >= 0.3 is 5.97 Å². The molecule has 0 aliphatic heterocycles. The minimum absolute atomic E-state index is 0.0370. The Morgan fingerprint density at radius 2 is 1.67 bits per heavy atom. The van der Waals surface area contributed by atoms with Gasteiger partial charge in [-0.1, -0.05) is 31.5 Å². The van der Waals surface area contributed by atoms with Gasteiger partial charge in [-0.3, -0.25) is 9.59 Å². The number of nitrogens with one attached hydrogen (secondary N) is 2. The van der Waals surface area contributed by atoms with Crippen LogP contribution in [0.3, 0.4) is 0 Å². The summed E-state index contributed by atoms with van der Waals surface area (Å²) in [7, 11) is -3.72. The lowest BCUT2D eigenvalue weighted by Gasteiger charge is -2.16. The first kappa shape index (κ1) is 23.1. The smallest absolute Gasteiger partial charge is 0.308 e. The first-order valence-electron chi connectivity index (χ1n) is 9.01. The van der Waals surface area contributed by atoms with Crippen LogP contribution >= 0.6 is 0 Å². The zero-order valence-electron chi connectivity index (χ0n) is 16.6. The van der Waals surface area contributed by atoms with Crippen LogP contribution in [-0.4, -0.2) is 38.5 Å². The van der Waals surface area contributed by atoms with Crippen LogP contribution in [0.1, 0.15) is 43.4 Å². The highest BCUT2D eigenvalue weighted by molar-refractivity contribution is 7.89. The lowest BCUT2D eigenvalue weighted by atomic mass is 9.97. The number of carbonyl (C=O) groups excluding carboxylic acids is 1. The molecule has 7 nitrogen and oxygen atoms in total. The Labute approximate surface area is 161 Å². The molecule has 1 amide bonds. The van der Waals surface area contributed by atoms with E-state index in [1.165, 1.54) is 0 Å². The van der Waals surface area contributed by atoms with Gasteiger partial charge in [-0.15, -0.1) is 0 Å². The Balaban J connectivity index is 2.59. The summed E-state index contributed by atoms with van der Waals surface area (Å²) in [4.78, 5) is 23.3. The Hall–Kier alpha value is -1.93. The lowest BCUT2D eigenvalue weighted by molar-refractivity contribution is -0.142. The van der Waals surface area contributed by atoms with Crippen LogP contribution in [0.4, 0.5) is 0 Å². The van der Waals surface area contributed by atoms with Gasteiger partial charge in [0.15, 0.2) is 0 Å². The van der Waals surface area contributed by atoms with Crippen LogP contribution < -0.4 is 10.0 Å². The van der Waals surface area contributed by atoms with Crippen LogP contribution in [0.25, 0.3) is 0 Å². The number of benzene rings is 1. The minimum Gasteiger partial charge on any atom is -0.481 e. The van der Waals surface area contributed by atoms with Crippen molar-refractivity contribution in [3.8, 4) is 0 Å². The zero-order valence-corrected chi connectivity index (χ0v) is 17.4. The monoisotopic (exact) mass is 398 g/mol. The Morgan fingerprint density at radius 1 is 1.11 bits per heavy atom. The number of rotatable bonds is 10. The summed E-state index contributed by atoms with van der Waals surface area (Å²) < 4.78 is 27.5. The standard InChI is InChI=1S/C19H30N2O5S/c1-12(2)8-16(19(23)24)11-20-17(22)6-7-21-27(25,26)18-14(4)9-13(3)10-15(18)5/h9-10,12,16,21H,6-8,11H2,1-5H3,(H,20,22)(H,23,24). The molecule has 1 aromatic carbocycles. The van der Waals surface area contributed by atoms with Crippen molar-refractivity contribution in [3.63, 3.8) is 0 Å². The predicted molar refractivity (Wildman–Crippen MR) is 104 cm³/mol. The summed E-state index contributed by atoms with van der Waals surface area (Å²) in [6.07, 6.45) is 0.408. The number of carboxylic acid groups (broad SMARTS) is 1. The van der Waals surface area contributed by atoms with E-state index in [1.807, 2.05) is 20.8 Å². The van der Waals surface area contributed by atoms with E-state index in [1.54, 1.807) is 26.0 Å². The molecule has 0 aliphatic rings. The molecule has 152 valence electrons. The number of hydrogen-bond donors (Lipinski definition) is 3. The third-order valence-electron chi connectivity index (χ3n) is 4.17. The van der Waals surface area contributed by atoms with Gasteiger partial charge in [0.2, 0.25) is 15.9 Å². The van der Waals surface area contributed by atoms with Crippen molar-refractivity contribution in [2.45, 2.75) is 52.4 Å². The second-order valence-electron chi connectivity index (χ2n) is 7.34. The van der Waals surface area contributed by atoms with E-state index >= 15 is 0 Å². The Morgan fingerprint density at radius 3 is 2.15 bits per heavy atom. The average molecular weight is 399 g/mol. The maximum atomic E-state index is 12.5. The van der Waals surface area contributed by atoms with Crippen molar-refractivity contribution >= 4 is 21.9 Å². The predicted octanol–water partition coefficient (Wildman–Crippen LogP) is 2.14. The molecule has 0 fully saturated rings. The van der Waals surface area contributed by atoms with E-state index < -0.39 is 21.9 Å². The lowest BCUT2D eigenvalue weighted by Crippen LogP contribution is -2.36. The summed E-state index contributed by atoms with van der Waals surface area (Å²) in [6, 6.07) is 3.60. The molecule has 0 aliphatic carbocycles. The van der Waals surface area contributed by atoms with Crippen LogP contribution in [0, 0.1) is 32.6 Å². The largest absolute Gasteiger partial charge is 0.481 e. The molecule has 1 rings (SSSR count). The average Bonchev–Trinajstić information content (AvgIpc) is 2.49. The molecule has 1 aromatic rings. The quantitative estimate of drug-likeness (QED) is 0.559. The summed E-state index contributed by atoms with van der Waals surface area (Å²) >= 11 is 0. The van der Waals surface area contributed by atoms with Crippen molar-refractivity contribution in [1.29, 1.82) is 0 Å². The minimum atomic E-state index is -3.72. The van der Waals surface area contributed by atoms with E-state index in [9.17, 15) is 23.1 Å². The third kappa shape index (κ3) is 7.30. The molecule has 1 atom stereocenters. The third-order valence-corrected chi connectivity index (χ3v) is 5.93. The van der Waals surface area contributed by atoms with Crippen molar-refractivity contribution in [1.82, 2.24) is 10.0 Å². The number of sulfonamides is 1. The van der Waals surface area contributed by atoms with E-state index in [0.717, 1.165) is 5.56 Å². The molecule has 8 heteroatoms. The molecule has 0 saturated heterocycles. The molecule has 0 aromatic heterocycles. The first-order valence-corrected chi connectivity index (χ1v) is 10.5. The van der Waals surface area contributed by atoms with E-state index in [4.69, 9.17) is 0 Å². The van der Waals surface area contributed by atoms with Crippen LogP contribution in [-0.2, 0) is 19.6 Å². The Kier molecular flexibility index (Phi) is 8.43. The number of aliphatic carboxylic acids is 1. The molecule has 0 radical (unpaired) electrons. The van der Waals surface area contributed by atoms with Crippen LogP contribution in [0.15, 0.2) is 17.0 Å². The molecule has 0 heterocycles. The zero-order chi connectivity index (χ0) is 20.8. The second-order valence-corrected chi connectivity index (χ2v) is 9.05. The molecule has 1 unspecified atom stereocenters. The van der Waals surface area contributed by atoms with Crippen molar-refractivity contribution in [2.24, 2.45) is 11.8 Å². The van der Waals surface area contributed by atoms with Crippen LogP contribution in [0.2, 0.25) is 0 Å². The number of amides is 1. The highest BCUT2D eigenvalue weighted by atomic mass is 32.2. The fourth-order valence-corrected chi connectivity index (χ4v) is 4.61. The molecular formula is C19H30N2O5S. The number of carboxylic acids is 1. The second kappa shape index (κ2) is 9.85. The molecule has 0 spiro atoms. The molecular weight excluding hydrogens is 368 g/mol.